The summed E-state index contributed by atoms with van der Waals surface area (Å²) in [6, 6.07) is 0. The summed E-state index contributed by atoms with van der Waals surface area (Å²) in [5, 5.41) is 0. The fraction of sp³-hybridized carbons (Fsp3) is 0.692. The predicted molar refractivity (Wildman–Crippen MR) is 61.9 cm³/mol. The molecule has 0 amide bonds. The molecule has 0 aliphatic heterocycles. The lowest BCUT2D eigenvalue weighted by molar-refractivity contribution is 0.544. The molecule has 0 saturated carbocycles. The molecular formula is C13H24. The maximum atomic E-state index is 2.34. The molecule has 0 N–H and O–H groups in total. The first-order valence-corrected chi connectivity index (χ1v) is 5.59. The van der Waals surface area contributed by atoms with Crippen LogP contribution in [0.2, 0.25) is 0 Å². The van der Waals surface area contributed by atoms with E-state index in [-0.39, 0.29) is 0 Å². The Kier molecular flexibility index (Phi) is 9.18. The van der Waals surface area contributed by atoms with Crippen molar-refractivity contribution in [2.45, 2.75) is 52.9 Å². The summed E-state index contributed by atoms with van der Waals surface area (Å²) in [6.45, 7) is 6.47. The Bertz CT molecular complexity index is 142. The van der Waals surface area contributed by atoms with Crippen LogP contribution < -0.4 is 0 Å². The number of hydrogen-bond donors (Lipinski definition) is 0. The van der Waals surface area contributed by atoms with Gasteiger partial charge in [0.15, 0.2) is 0 Å². The monoisotopic (exact) mass is 180 g/mol. The molecule has 0 fully saturated rings. The normalized spacial score (nSPS) is 14.4. The fourth-order valence-corrected chi connectivity index (χ4v) is 1.53. The van der Waals surface area contributed by atoms with Gasteiger partial charge in [-0.3, -0.25) is 0 Å². The van der Waals surface area contributed by atoms with E-state index >= 15 is 0 Å². The van der Waals surface area contributed by atoms with Gasteiger partial charge in [0.1, 0.15) is 0 Å². The SMILES string of the molecule is CC=CCC(C=CC)CCCCC. The van der Waals surface area contributed by atoms with Crippen molar-refractivity contribution >= 4 is 0 Å². The third-order valence-corrected chi connectivity index (χ3v) is 2.32. The summed E-state index contributed by atoms with van der Waals surface area (Å²) in [5.74, 6) is 0.771. The molecule has 0 aliphatic rings. The third kappa shape index (κ3) is 7.83. The van der Waals surface area contributed by atoms with Gasteiger partial charge < -0.3 is 0 Å². The van der Waals surface area contributed by atoms with Crippen LogP contribution >= 0.6 is 0 Å². The highest BCUT2D eigenvalue weighted by molar-refractivity contribution is 4.91. The molecule has 0 aromatic heterocycles. The van der Waals surface area contributed by atoms with Gasteiger partial charge in [-0.1, -0.05) is 50.5 Å². The summed E-state index contributed by atoms with van der Waals surface area (Å²) in [4.78, 5) is 0. The van der Waals surface area contributed by atoms with E-state index in [9.17, 15) is 0 Å². The van der Waals surface area contributed by atoms with Crippen LogP contribution in [-0.4, -0.2) is 0 Å². The highest BCUT2D eigenvalue weighted by Gasteiger charge is 2.00. The van der Waals surface area contributed by atoms with Crippen molar-refractivity contribution in [2.75, 3.05) is 0 Å². The Morgan fingerprint density at radius 3 is 2.38 bits per heavy atom. The molecule has 1 unspecified atom stereocenters. The summed E-state index contributed by atoms with van der Waals surface area (Å²) in [7, 11) is 0. The lowest BCUT2D eigenvalue weighted by atomic mass is 9.97. The highest BCUT2D eigenvalue weighted by atomic mass is 14.1. The van der Waals surface area contributed by atoms with Gasteiger partial charge in [-0.05, 0) is 32.6 Å². The van der Waals surface area contributed by atoms with Crippen LogP contribution in [0.5, 0.6) is 0 Å². The summed E-state index contributed by atoms with van der Waals surface area (Å²) >= 11 is 0. The minimum Gasteiger partial charge on any atom is -0.0916 e. The van der Waals surface area contributed by atoms with E-state index in [1.807, 2.05) is 0 Å². The first-order chi connectivity index (χ1) is 6.35. The Morgan fingerprint density at radius 1 is 1.08 bits per heavy atom. The van der Waals surface area contributed by atoms with Gasteiger partial charge in [0.2, 0.25) is 0 Å². The molecule has 0 aromatic carbocycles. The van der Waals surface area contributed by atoms with E-state index in [0.29, 0.717) is 0 Å². The first kappa shape index (κ1) is 12.5. The van der Waals surface area contributed by atoms with E-state index in [2.05, 4.69) is 45.1 Å². The van der Waals surface area contributed by atoms with E-state index in [1.54, 1.807) is 0 Å². The fourth-order valence-electron chi connectivity index (χ4n) is 1.53. The minimum absolute atomic E-state index is 0.771. The Balaban J connectivity index is 3.66. The number of rotatable bonds is 7. The molecule has 0 heteroatoms. The van der Waals surface area contributed by atoms with Gasteiger partial charge in [0, 0.05) is 0 Å². The molecule has 0 rings (SSSR count). The second-order valence-electron chi connectivity index (χ2n) is 3.59. The molecule has 13 heavy (non-hydrogen) atoms. The Morgan fingerprint density at radius 2 is 1.85 bits per heavy atom. The average molecular weight is 180 g/mol. The molecule has 0 spiro atoms. The van der Waals surface area contributed by atoms with Gasteiger partial charge in [-0.2, -0.15) is 0 Å². The molecule has 0 aromatic rings. The molecule has 0 nitrogen and oxygen atoms in total. The van der Waals surface area contributed by atoms with Crippen molar-refractivity contribution in [3.8, 4) is 0 Å². The second-order valence-corrected chi connectivity index (χ2v) is 3.59. The maximum Gasteiger partial charge on any atom is -0.0199 e. The van der Waals surface area contributed by atoms with Crippen LogP contribution in [0.15, 0.2) is 24.3 Å². The third-order valence-electron chi connectivity index (χ3n) is 2.32. The predicted octanol–water partition coefficient (Wildman–Crippen LogP) is 4.73. The van der Waals surface area contributed by atoms with Gasteiger partial charge in [0.05, 0.1) is 0 Å². The molecular weight excluding hydrogens is 156 g/mol. The molecule has 0 bridgehead atoms. The summed E-state index contributed by atoms with van der Waals surface area (Å²) < 4.78 is 0. The van der Waals surface area contributed by atoms with Crippen LogP contribution in [0.25, 0.3) is 0 Å². The van der Waals surface area contributed by atoms with Gasteiger partial charge in [-0.15, -0.1) is 0 Å². The van der Waals surface area contributed by atoms with Gasteiger partial charge >= 0.3 is 0 Å². The number of hydrogen-bond acceptors (Lipinski definition) is 0. The number of allylic oxidation sites excluding steroid dienone is 4. The van der Waals surface area contributed by atoms with E-state index in [0.717, 1.165) is 5.92 Å². The van der Waals surface area contributed by atoms with Gasteiger partial charge in [-0.25, -0.2) is 0 Å². The zero-order chi connectivity index (χ0) is 9.94. The van der Waals surface area contributed by atoms with E-state index < -0.39 is 0 Å². The zero-order valence-electron chi connectivity index (χ0n) is 9.42. The van der Waals surface area contributed by atoms with Crippen LogP contribution in [0.4, 0.5) is 0 Å². The summed E-state index contributed by atoms with van der Waals surface area (Å²) in [6.07, 6.45) is 15.6. The van der Waals surface area contributed by atoms with Crippen molar-refractivity contribution < 1.29 is 0 Å². The number of unbranched alkanes of at least 4 members (excludes halogenated alkanes) is 2. The zero-order valence-corrected chi connectivity index (χ0v) is 9.42. The van der Waals surface area contributed by atoms with Crippen molar-refractivity contribution in [2.24, 2.45) is 5.92 Å². The van der Waals surface area contributed by atoms with E-state index in [1.165, 1.54) is 32.1 Å². The largest absolute Gasteiger partial charge is 0.0916 e. The second kappa shape index (κ2) is 9.57. The maximum absolute atomic E-state index is 2.34. The van der Waals surface area contributed by atoms with Crippen molar-refractivity contribution in [3.63, 3.8) is 0 Å². The van der Waals surface area contributed by atoms with Crippen molar-refractivity contribution in [1.29, 1.82) is 0 Å². The molecule has 76 valence electrons. The van der Waals surface area contributed by atoms with Crippen LogP contribution in [-0.2, 0) is 0 Å². The quantitative estimate of drug-likeness (QED) is 0.392. The minimum atomic E-state index is 0.771. The lowest BCUT2D eigenvalue weighted by Crippen LogP contribution is -1.94. The van der Waals surface area contributed by atoms with Crippen molar-refractivity contribution in [1.82, 2.24) is 0 Å². The average Bonchev–Trinajstić information content (AvgIpc) is 2.14. The topological polar surface area (TPSA) is 0 Å². The molecule has 0 heterocycles. The molecule has 0 saturated heterocycles. The Labute approximate surface area is 83.7 Å². The van der Waals surface area contributed by atoms with Gasteiger partial charge in [0.25, 0.3) is 0 Å². The first-order valence-electron chi connectivity index (χ1n) is 5.59. The smallest absolute Gasteiger partial charge is 0.0199 e. The lowest BCUT2D eigenvalue weighted by Gasteiger charge is -2.09. The van der Waals surface area contributed by atoms with Crippen LogP contribution in [0, 0.1) is 5.92 Å². The summed E-state index contributed by atoms with van der Waals surface area (Å²) in [5.41, 5.74) is 0. The molecule has 0 aliphatic carbocycles. The van der Waals surface area contributed by atoms with E-state index in [4.69, 9.17) is 0 Å². The molecule has 0 radical (unpaired) electrons. The Hall–Kier alpha value is -0.520. The highest BCUT2D eigenvalue weighted by Crippen LogP contribution is 2.15. The van der Waals surface area contributed by atoms with Crippen molar-refractivity contribution in [3.05, 3.63) is 24.3 Å². The standard InChI is InChI=1S/C13H24/c1-4-7-9-12-13(10-6-3)11-8-5-2/h5-6,8,10,13H,4,7,9,11-12H2,1-3H3. The van der Waals surface area contributed by atoms with Crippen LogP contribution in [0.1, 0.15) is 52.9 Å². The van der Waals surface area contributed by atoms with Crippen LogP contribution in [0.3, 0.4) is 0 Å². The molecule has 1 atom stereocenters.